The Bertz CT molecular complexity index is 773. The molecule has 0 unspecified atom stereocenters. The Labute approximate surface area is 162 Å². The molecule has 0 aromatic heterocycles. The van der Waals surface area contributed by atoms with Crippen LogP contribution >= 0.6 is 0 Å². The van der Waals surface area contributed by atoms with Crippen molar-refractivity contribution >= 4 is 21.6 Å². The summed E-state index contributed by atoms with van der Waals surface area (Å²) in [5, 5.41) is 0. The van der Waals surface area contributed by atoms with Gasteiger partial charge < -0.3 is 14.7 Å². The maximum Gasteiger partial charge on any atom is 0.240 e. The number of benzene rings is 1. The number of amides is 1. The third kappa shape index (κ3) is 5.07. The molecule has 0 aliphatic carbocycles. The van der Waals surface area contributed by atoms with Crippen molar-refractivity contribution in [3.63, 3.8) is 0 Å². The van der Waals surface area contributed by atoms with Crippen LogP contribution in [-0.2, 0) is 14.8 Å². The van der Waals surface area contributed by atoms with Crippen LogP contribution < -0.4 is 9.62 Å². The topological polar surface area (TPSA) is 73.0 Å². The van der Waals surface area contributed by atoms with E-state index in [9.17, 15) is 13.2 Å². The predicted octanol–water partition coefficient (Wildman–Crippen LogP) is 1.04. The molecule has 0 atom stereocenters. The molecule has 2 aliphatic rings. The van der Waals surface area contributed by atoms with E-state index in [1.807, 2.05) is 6.92 Å². The highest BCUT2D eigenvalue weighted by atomic mass is 32.2. The zero-order valence-corrected chi connectivity index (χ0v) is 17.1. The van der Waals surface area contributed by atoms with Gasteiger partial charge in [0.25, 0.3) is 0 Å². The summed E-state index contributed by atoms with van der Waals surface area (Å²) < 4.78 is 27.8. The number of nitrogens with zero attached hydrogens (tertiary/aromatic N) is 3. The largest absolute Gasteiger partial charge is 0.312 e. The van der Waals surface area contributed by atoms with Crippen LogP contribution in [0.1, 0.15) is 24.8 Å². The molecule has 1 amide bonds. The minimum atomic E-state index is -3.53. The highest BCUT2D eigenvalue weighted by molar-refractivity contribution is 7.89. The summed E-state index contributed by atoms with van der Waals surface area (Å²) in [5.74, 6) is 0.107. The number of carbonyl (C=O) groups is 1. The van der Waals surface area contributed by atoms with E-state index in [1.54, 1.807) is 23.1 Å². The van der Waals surface area contributed by atoms with Gasteiger partial charge in [0.1, 0.15) is 0 Å². The lowest BCUT2D eigenvalue weighted by atomic mass is 10.2. The Morgan fingerprint density at radius 3 is 2.48 bits per heavy atom. The highest BCUT2D eigenvalue weighted by Crippen LogP contribution is 2.27. The molecule has 1 aromatic carbocycles. The molecule has 2 heterocycles. The number of carbonyl (C=O) groups excluding carboxylic acids is 1. The summed E-state index contributed by atoms with van der Waals surface area (Å²) in [5.41, 5.74) is 1.62. The van der Waals surface area contributed by atoms with Crippen molar-refractivity contribution in [2.45, 2.75) is 31.1 Å². The van der Waals surface area contributed by atoms with Crippen LogP contribution in [0.3, 0.4) is 0 Å². The molecule has 8 heteroatoms. The van der Waals surface area contributed by atoms with Crippen LogP contribution in [0.4, 0.5) is 5.69 Å². The quantitative estimate of drug-likeness (QED) is 0.700. The molecule has 7 nitrogen and oxygen atoms in total. The number of aryl methyl sites for hydroxylation is 1. The molecule has 2 saturated heterocycles. The number of nitrogens with one attached hydrogen (secondary N) is 1. The molecule has 0 spiro atoms. The van der Waals surface area contributed by atoms with E-state index in [0.29, 0.717) is 19.5 Å². The van der Waals surface area contributed by atoms with Crippen molar-refractivity contribution < 1.29 is 13.2 Å². The molecular weight excluding hydrogens is 364 g/mol. The molecule has 0 saturated carbocycles. The van der Waals surface area contributed by atoms with Gasteiger partial charge in [0.2, 0.25) is 15.9 Å². The average Bonchev–Trinajstić information content (AvgIpc) is 3.06. The smallest absolute Gasteiger partial charge is 0.240 e. The lowest BCUT2D eigenvalue weighted by Gasteiger charge is -2.32. The SMILES string of the molecule is Cc1cc(S(=O)(=O)NCCCN2CCN(C)CC2)ccc1N1CCCC1=O. The normalized spacial score (nSPS) is 19.8. The molecular formula is C19H30N4O3S. The second kappa shape index (κ2) is 8.68. The van der Waals surface area contributed by atoms with Crippen molar-refractivity contribution in [2.75, 3.05) is 57.8 Å². The molecule has 2 aliphatic heterocycles. The van der Waals surface area contributed by atoms with Gasteiger partial charge in [-0.05, 0) is 57.1 Å². The Hall–Kier alpha value is -1.48. The van der Waals surface area contributed by atoms with E-state index >= 15 is 0 Å². The van der Waals surface area contributed by atoms with E-state index in [0.717, 1.165) is 56.8 Å². The van der Waals surface area contributed by atoms with Crippen molar-refractivity contribution in [1.29, 1.82) is 0 Å². The van der Waals surface area contributed by atoms with E-state index < -0.39 is 10.0 Å². The zero-order valence-electron chi connectivity index (χ0n) is 16.3. The number of hydrogen-bond donors (Lipinski definition) is 1. The maximum absolute atomic E-state index is 12.6. The third-order valence-corrected chi connectivity index (χ3v) is 6.84. The highest BCUT2D eigenvalue weighted by Gasteiger charge is 2.24. The van der Waals surface area contributed by atoms with Crippen LogP contribution in [0.2, 0.25) is 0 Å². The minimum absolute atomic E-state index is 0.107. The summed E-state index contributed by atoms with van der Waals surface area (Å²) in [6.07, 6.45) is 2.21. The van der Waals surface area contributed by atoms with Gasteiger partial charge in [0.15, 0.2) is 0 Å². The molecule has 27 heavy (non-hydrogen) atoms. The second-order valence-electron chi connectivity index (χ2n) is 7.49. The van der Waals surface area contributed by atoms with Gasteiger partial charge in [-0.1, -0.05) is 0 Å². The van der Waals surface area contributed by atoms with Gasteiger partial charge in [-0.2, -0.15) is 0 Å². The van der Waals surface area contributed by atoms with Gasteiger partial charge in [-0.3, -0.25) is 4.79 Å². The number of sulfonamides is 1. The summed E-state index contributed by atoms with van der Waals surface area (Å²) in [4.78, 5) is 18.6. The Morgan fingerprint density at radius 1 is 1.11 bits per heavy atom. The predicted molar refractivity (Wildman–Crippen MR) is 107 cm³/mol. The summed E-state index contributed by atoms with van der Waals surface area (Å²) in [7, 11) is -1.41. The zero-order chi connectivity index (χ0) is 19.4. The van der Waals surface area contributed by atoms with Crippen molar-refractivity contribution in [2.24, 2.45) is 0 Å². The monoisotopic (exact) mass is 394 g/mol. The first-order valence-corrected chi connectivity index (χ1v) is 11.2. The van der Waals surface area contributed by atoms with E-state index in [-0.39, 0.29) is 10.8 Å². The number of anilines is 1. The summed E-state index contributed by atoms with van der Waals surface area (Å²) in [6.45, 7) is 8.11. The number of piperazine rings is 1. The van der Waals surface area contributed by atoms with E-state index in [4.69, 9.17) is 0 Å². The van der Waals surface area contributed by atoms with Crippen LogP contribution in [0.5, 0.6) is 0 Å². The van der Waals surface area contributed by atoms with E-state index in [2.05, 4.69) is 21.6 Å². The summed E-state index contributed by atoms with van der Waals surface area (Å²) >= 11 is 0. The molecule has 2 fully saturated rings. The molecule has 150 valence electrons. The van der Waals surface area contributed by atoms with Crippen LogP contribution in [0.15, 0.2) is 23.1 Å². The fraction of sp³-hybridized carbons (Fsp3) is 0.632. The Kier molecular flexibility index (Phi) is 6.52. The van der Waals surface area contributed by atoms with Gasteiger partial charge in [-0.25, -0.2) is 13.1 Å². The number of rotatable bonds is 7. The molecule has 1 N–H and O–H groups in total. The van der Waals surface area contributed by atoms with Crippen molar-refractivity contribution in [1.82, 2.24) is 14.5 Å². The van der Waals surface area contributed by atoms with Gasteiger partial charge in [0, 0.05) is 51.4 Å². The first-order chi connectivity index (χ1) is 12.9. The van der Waals surface area contributed by atoms with Crippen LogP contribution in [0, 0.1) is 6.92 Å². The van der Waals surface area contributed by atoms with Crippen molar-refractivity contribution in [3.05, 3.63) is 23.8 Å². The molecule has 0 bridgehead atoms. The molecule has 3 rings (SSSR count). The Morgan fingerprint density at radius 2 is 1.85 bits per heavy atom. The minimum Gasteiger partial charge on any atom is -0.312 e. The third-order valence-electron chi connectivity index (χ3n) is 5.38. The number of hydrogen-bond acceptors (Lipinski definition) is 5. The van der Waals surface area contributed by atoms with Crippen LogP contribution in [-0.4, -0.2) is 77.0 Å². The van der Waals surface area contributed by atoms with Gasteiger partial charge >= 0.3 is 0 Å². The molecule has 1 aromatic rings. The second-order valence-corrected chi connectivity index (χ2v) is 9.26. The number of likely N-dealkylation sites (N-methyl/N-ethyl adjacent to an activating group) is 1. The standard InChI is InChI=1S/C19H30N4O3S/c1-16-15-17(6-7-18(16)23-10-3-5-19(23)24)27(25,26)20-8-4-9-22-13-11-21(2)12-14-22/h6-7,15,20H,3-5,8-14H2,1-2H3. The lowest BCUT2D eigenvalue weighted by Crippen LogP contribution is -2.45. The Balaban J connectivity index is 1.53. The fourth-order valence-electron chi connectivity index (χ4n) is 3.66. The molecule has 0 radical (unpaired) electrons. The van der Waals surface area contributed by atoms with Crippen LogP contribution in [0.25, 0.3) is 0 Å². The maximum atomic E-state index is 12.6. The lowest BCUT2D eigenvalue weighted by molar-refractivity contribution is -0.117. The first kappa shape index (κ1) is 20.3. The van der Waals surface area contributed by atoms with Gasteiger partial charge in [0.05, 0.1) is 4.90 Å². The average molecular weight is 395 g/mol. The van der Waals surface area contributed by atoms with Crippen molar-refractivity contribution in [3.8, 4) is 0 Å². The van der Waals surface area contributed by atoms with E-state index in [1.165, 1.54) is 0 Å². The summed E-state index contributed by atoms with van der Waals surface area (Å²) in [6, 6.07) is 5.00. The fourth-order valence-corrected chi connectivity index (χ4v) is 4.82. The van der Waals surface area contributed by atoms with Gasteiger partial charge in [-0.15, -0.1) is 0 Å². The first-order valence-electron chi connectivity index (χ1n) is 9.68.